The molecule has 0 aromatic heterocycles. The van der Waals surface area contributed by atoms with E-state index in [2.05, 4.69) is 0 Å². The van der Waals surface area contributed by atoms with Crippen LogP contribution in [0.2, 0.25) is 0 Å². The van der Waals surface area contributed by atoms with E-state index in [1.54, 1.807) is 0 Å². The first-order valence-electron chi connectivity index (χ1n) is 0.471. The van der Waals surface area contributed by atoms with Crippen molar-refractivity contribution in [3.8, 4) is 0 Å². The summed E-state index contributed by atoms with van der Waals surface area (Å²) in [5.41, 5.74) is 0. The van der Waals surface area contributed by atoms with E-state index >= 15 is 0 Å². The zero-order valence-electron chi connectivity index (χ0n) is 2.71. The number of carboxylic acid groups (broad SMARTS) is 1. The van der Waals surface area contributed by atoms with Crippen molar-refractivity contribution in [2.45, 2.75) is 7.43 Å². The van der Waals surface area contributed by atoms with Crippen molar-refractivity contribution in [1.29, 1.82) is 0 Å². The molecular weight excluding hydrogens is 176 g/mol. The molecule has 0 spiro atoms. The summed E-state index contributed by atoms with van der Waals surface area (Å²) in [6, 6.07) is 0. The molecule has 0 aliphatic rings. The Morgan fingerprint density at radius 3 is 1.50 bits per heavy atom. The summed E-state index contributed by atoms with van der Waals surface area (Å²) in [6.45, 7) is -0.500. The fraction of sp³-hybridized carbons (Fsp3) is 0.500. The summed E-state index contributed by atoms with van der Waals surface area (Å²) in [6.07, 6.45) is 0. The van der Waals surface area contributed by atoms with Crippen molar-refractivity contribution < 1.29 is 30.3 Å². The first-order chi connectivity index (χ1) is 1.41. The number of hydrogen-bond acceptors (Lipinski definition) is 2. The van der Waals surface area contributed by atoms with Crippen LogP contribution in [-0.4, -0.2) is 6.47 Å². The topological polar surface area (TPSA) is 76.6 Å². The van der Waals surface area contributed by atoms with Gasteiger partial charge in [-0.2, -0.15) is 0 Å². The minimum absolute atomic E-state index is 0. The van der Waals surface area contributed by atoms with Gasteiger partial charge in [-0.1, -0.05) is 7.43 Å². The molecule has 0 rings (SSSR count). The largest absolute Gasteiger partial charge is 0.554 e. The molecule has 0 heterocycles. The zero-order valence-corrected chi connectivity index (χ0v) is 4.26. The summed E-state index contributed by atoms with van der Waals surface area (Å²) in [5, 5.41) is 8.25. The molecule has 0 saturated heterocycles. The molecule has 4 N–H and O–H groups in total. The Morgan fingerprint density at radius 2 is 1.50 bits per heavy atom. The Balaban J connectivity index is -0.00000000667. The number of carbonyl (C=O) groups excluding carboxylic acids is 1. The zero-order chi connectivity index (χ0) is 2.71. The predicted molar refractivity (Wildman–Crippen MR) is 18.8 cm³/mol. The third-order valence-electron chi connectivity index (χ3n) is 0. The second kappa shape index (κ2) is 71.5. The molecule has 0 unspecified atom stereocenters. The molecular formula is C2H9NO2Pd. The first kappa shape index (κ1) is 36.1. The van der Waals surface area contributed by atoms with Gasteiger partial charge in [-0.3, -0.25) is 0 Å². The van der Waals surface area contributed by atoms with E-state index in [0.29, 0.717) is 0 Å². The summed E-state index contributed by atoms with van der Waals surface area (Å²) < 4.78 is 0. The molecule has 3 nitrogen and oxygen atoms in total. The molecule has 4 heteroatoms. The number of quaternary nitrogens is 1. The smallest absolute Gasteiger partial charge is 0.0275 e. The molecule has 0 bridgehead atoms. The standard InChI is InChI=1S/CH2O2.CH4.H3N.Pd/c2-1-3;;;/h1H,(H,2,3);1H4;1H3;. The van der Waals surface area contributed by atoms with Crippen molar-refractivity contribution >= 4 is 6.47 Å². The van der Waals surface area contributed by atoms with Gasteiger partial charge < -0.3 is 16.1 Å². The van der Waals surface area contributed by atoms with Crippen LogP contribution >= 0.6 is 0 Å². The fourth-order valence-corrected chi connectivity index (χ4v) is 0. The van der Waals surface area contributed by atoms with Crippen LogP contribution in [0.15, 0.2) is 0 Å². The molecule has 0 radical (unpaired) electrons. The van der Waals surface area contributed by atoms with Gasteiger partial charge in [0.1, 0.15) is 0 Å². The van der Waals surface area contributed by atoms with E-state index in [0.717, 1.165) is 0 Å². The van der Waals surface area contributed by atoms with E-state index in [9.17, 15) is 0 Å². The summed E-state index contributed by atoms with van der Waals surface area (Å²) in [7, 11) is 0. The second-order valence-corrected chi connectivity index (χ2v) is 0.0962. The van der Waals surface area contributed by atoms with Crippen LogP contribution in [0.25, 0.3) is 0 Å². The maximum atomic E-state index is 8.25. The van der Waals surface area contributed by atoms with Crippen LogP contribution in [0.5, 0.6) is 0 Å². The summed E-state index contributed by atoms with van der Waals surface area (Å²) in [5.74, 6) is 0. The molecule has 0 saturated carbocycles. The van der Waals surface area contributed by atoms with Crippen LogP contribution < -0.4 is 11.3 Å². The molecule has 0 aromatic rings. The molecule has 44 valence electrons. The SMILES string of the molecule is C.O=C[O-].[NH4+].[Pd]. The van der Waals surface area contributed by atoms with Gasteiger partial charge in [-0.15, -0.1) is 0 Å². The van der Waals surface area contributed by atoms with Crippen LogP contribution in [-0.2, 0) is 25.2 Å². The Kier molecular flexibility index (Phi) is 430. The average molecular weight is 186 g/mol. The average Bonchev–Trinajstić information content (AvgIpc) is 0.918. The summed E-state index contributed by atoms with van der Waals surface area (Å²) >= 11 is 0. The molecule has 0 fully saturated rings. The van der Waals surface area contributed by atoms with Crippen molar-refractivity contribution in [3.63, 3.8) is 0 Å². The quantitative estimate of drug-likeness (QED) is 0.403. The number of rotatable bonds is 0. The molecule has 0 aromatic carbocycles. The van der Waals surface area contributed by atoms with E-state index < -0.39 is 6.47 Å². The Bertz CT molecular complexity index is 19.0. The Labute approximate surface area is 51.0 Å². The molecule has 0 atom stereocenters. The van der Waals surface area contributed by atoms with Crippen LogP contribution in [0.1, 0.15) is 7.43 Å². The van der Waals surface area contributed by atoms with Gasteiger partial charge in [0.05, 0.1) is 0 Å². The Morgan fingerprint density at radius 1 is 1.50 bits per heavy atom. The van der Waals surface area contributed by atoms with Gasteiger partial charge in [-0.05, 0) is 0 Å². The minimum Gasteiger partial charge on any atom is -0.554 e. The van der Waals surface area contributed by atoms with Gasteiger partial charge in [-0.25, -0.2) is 0 Å². The van der Waals surface area contributed by atoms with E-state index in [4.69, 9.17) is 9.90 Å². The molecule has 6 heavy (non-hydrogen) atoms. The predicted octanol–water partition coefficient (Wildman–Crippen LogP) is -0.624. The second-order valence-electron chi connectivity index (χ2n) is 0.0962. The monoisotopic (exact) mass is 185 g/mol. The summed E-state index contributed by atoms with van der Waals surface area (Å²) in [4.78, 5) is 8.25. The maximum Gasteiger partial charge on any atom is 0.0275 e. The number of hydrogen-bond donors (Lipinski definition) is 1. The third-order valence-corrected chi connectivity index (χ3v) is 0. The first-order valence-corrected chi connectivity index (χ1v) is 0.471. The van der Waals surface area contributed by atoms with E-state index in [-0.39, 0.29) is 34.0 Å². The third kappa shape index (κ3) is 4590. The minimum atomic E-state index is -0.500. The fourth-order valence-electron chi connectivity index (χ4n) is 0. The van der Waals surface area contributed by atoms with Gasteiger partial charge >= 0.3 is 0 Å². The van der Waals surface area contributed by atoms with E-state index in [1.807, 2.05) is 0 Å². The normalized spacial score (nSPS) is 2.00. The van der Waals surface area contributed by atoms with Crippen LogP contribution in [0, 0.1) is 0 Å². The van der Waals surface area contributed by atoms with E-state index in [1.165, 1.54) is 0 Å². The Hall–Kier alpha value is 0.0923. The van der Waals surface area contributed by atoms with Gasteiger partial charge in [0.2, 0.25) is 0 Å². The van der Waals surface area contributed by atoms with Gasteiger partial charge in [0.25, 0.3) is 0 Å². The van der Waals surface area contributed by atoms with Gasteiger partial charge in [0, 0.05) is 26.9 Å². The maximum absolute atomic E-state index is 8.25. The van der Waals surface area contributed by atoms with Crippen molar-refractivity contribution in [3.05, 3.63) is 0 Å². The van der Waals surface area contributed by atoms with Crippen molar-refractivity contribution in [1.82, 2.24) is 6.15 Å². The van der Waals surface area contributed by atoms with Crippen molar-refractivity contribution in [2.75, 3.05) is 0 Å². The molecule has 0 aliphatic heterocycles. The number of carbonyl (C=O) groups is 1. The van der Waals surface area contributed by atoms with Crippen LogP contribution in [0.4, 0.5) is 0 Å². The van der Waals surface area contributed by atoms with Gasteiger partial charge in [0.15, 0.2) is 0 Å². The van der Waals surface area contributed by atoms with Crippen molar-refractivity contribution in [2.24, 2.45) is 0 Å². The molecule has 0 amide bonds. The molecule has 0 aliphatic carbocycles. The van der Waals surface area contributed by atoms with Crippen LogP contribution in [0.3, 0.4) is 0 Å².